The fourth-order valence-electron chi connectivity index (χ4n) is 3.31. The van der Waals surface area contributed by atoms with Gasteiger partial charge in [0.15, 0.2) is 6.10 Å². The second-order valence-corrected chi connectivity index (χ2v) is 9.43. The van der Waals surface area contributed by atoms with Gasteiger partial charge in [0.2, 0.25) is 10.0 Å². The largest absolute Gasteiger partial charge is 0.449 e. The van der Waals surface area contributed by atoms with E-state index in [1.165, 1.54) is 35.5 Å². The molecule has 1 unspecified atom stereocenters. The molecule has 1 atom stereocenters. The van der Waals surface area contributed by atoms with Gasteiger partial charge < -0.3 is 10.1 Å². The molecule has 0 saturated carbocycles. The standard InChI is InChI=1S/C22H26N2O5S/c1-15-6-11-20(16(2)14-15)23-21(25)17(3)29-22(26)18-7-9-19(10-8-18)30(27,28)24-12-4-5-13-24/h6-11,14,17H,4-5,12-13H2,1-3H3,(H,23,25). The van der Waals surface area contributed by atoms with Gasteiger partial charge in [0.05, 0.1) is 10.5 Å². The van der Waals surface area contributed by atoms with Crippen molar-refractivity contribution >= 4 is 27.6 Å². The molecule has 0 aliphatic carbocycles. The minimum absolute atomic E-state index is 0.140. The van der Waals surface area contributed by atoms with E-state index < -0.39 is 28.0 Å². The summed E-state index contributed by atoms with van der Waals surface area (Å²) >= 11 is 0. The van der Waals surface area contributed by atoms with E-state index in [1.807, 2.05) is 26.0 Å². The molecule has 1 aliphatic heterocycles. The average Bonchev–Trinajstić information content (AvgIpc) is 3.26. The molecule has 0 bridgehead atoms. The molecule has 2 aromatic carbocycles. The second kappa shape index (κ2) is 8.97. The van der Waals surface area contributed by atoms with Crippen LogP contribution in [0, 0.1) is 13.8 Å². The van der Waals surface area contributed by atoms with Crippen LogP contribution in [0.25, 0.3) is 0 Å². The first-order valence-corrected chi connectivity index (χ1v) is 11.3. The summed E-state index contributed by atoms with van der Waals surface area (Å²) in [5.74, 6) is -1.13. The highest BCUT2D eigenvalue weighted by Crippen LogP contribution is 2.21. The zero-order chi connectivity index (χ0) is 21.9. The average molecular weight is 431 g/mol. The SMILES string of the molecule is Cc1ccc(NC(=O)C(C)OC(=O)c2ccc(S(=O)(=O)N3CCCC3)cc2)c(C)c1. The Hall–Kier alpha value is -2.71. The van der Waals surface area contributed by atoms with Crippen molar-refractivity contribution in [2.45, 2.75) is 44.6 Å². The van der Waals surface area contributed by atoms with Crippen molar-refractivity contribution in [3.05, 3.63) is 59.2 Å². The van der Waals surface area contributed by atoms with Crippen molar-refractivity contribution in [3.63, 3.8) is 0 Å². The van der Waals surface area contributed by atoms with Crippen molar-refractivity contribution in [2.24, 2.45) is 0 Å². The molecule has 7 nitrogen and oxygen atoms in total. The van der Waals surface area contributed by atoms with Crippen LogP contribution in [0.2, 0.25) is 0 Å². The number of rotatable bonds is 6. The van der Waals surface area contributed by atoms with Gasteiger partial charge in [-0.05, 0) is 69.5 Å². The van der Waals surface area contributed by atoms with Gasteiger partial charge in [-0.2, -0.15) is 4.31 Å². The number of carbonyl (C=O) groups excluding carboxylic acids is 2. The number of anilines is 1. The molecular formula is C22H26N2O5S. The van der Waals surface area contributed by atoms with Crippen LogP contribution in [0.5, 0.6) is 0 Å². The number of esters is 1. The van der Waals surface area contributed by atoms with Crippen LogP contribution in [0.4, 0.5) is 5.69 Å². The molecule has 0 aromatic heterocycles. The molecule has 30 heavy (non-hydrogen) atoms. The predicted octanol–water partition coefficient (Wildman–Crippen LogP) is 3.27. The molecule has 2 aromatic rings. The third-order valence-corrected chi connectivity index (χ3v) is 7.00. The van der Waals surface area contributed by atoms with E-state index in [0.717, 1.165) is 24.0 Å². The lowest BCUT2D eigenvalue weighted by atomic mass is 10.1. The van der Waals surface area contributed by atoms with Gasteiger partial charge in [0.1, 0.15) is 0 Å². The zero-order valence-corrected chi connectivity index (χ0v) is 18.2. The first kappa shape index (κ1) is 22.0. The number of nitrogens with zero attached hydrogens (tertiary/aromatic N) is 1. The molecule has 1 heterocycles. The normalized spacial score (nSPS) is 15.6. The molecule has 1 aliphatic rings. The third kappa shape index (κ3) is 4.88. The fourth-order valence-corrected chi connectivity index (χ4v) is 4.83. The number of benzene rings is 2. The zero-order valence-electron chi connectivity index (χ0n) is 17.3. The maximum Gasteiger partial charge on any atom is 0.338 e. The van der Waals surface area contributed by atoms with Crippen molar-refractivity contribution in [3.8, 4) is 0 Å². The summed E-state index contributed by atoms with van der Waals surface area (Å²) in [7, 11) is -3.54. The lowest BCUT2D eigenvalue weighted by molar-refractivity contribution is -0.123. The van der Waals surface area contributed by atoms with E-state index in [1.54, 1.807) is 6.07 Å². The number of hydrogen-bond donors (Lipinski definition) is 1. The van der Waals surface area contributed by atoms with Crippen molar-refractivity contribution in [2.75, 3.05) is 18.4 Å². The van der Waals surface area contributed by atoms with Crippen LogP contribution >= 0.6 is 0 Å². The van der Waals surface area contributed by atoms with Crippen molar-refractivity contribution in [1.29, 1.82) is 0 Å². The molecular weight excluding hydrogens is 404 g/mol. The van der Waals surface area contributed by atoms with E-state index in [2.05, 4.69) is 5.32 Å². The molecule has 0 spiro atoms. The summed E-state index contributed by atoms with van der Waals surface area (Å²) in [6, 6.07) is 11.2. The van der Waals surface area contributed by atoms with Crippen LogP contribution in [0.1, 0.15) is 41.3 Å². The minimum atomic E-state index is -3.54. The lowest BCUT2D eigenvalue weighted by Gasteiger charge is -2.16. The summed E-state index contributed by atoms with van der Waals surface area (Å²) in [5.41, 5.74) is 2.84. The van der Waals surface area contributed by atoms with E-state index in [0.29, 0.717) is 18.8 Å². The van der Waals surface area contributed by atoms with Crippen molar-refractivity contribution in [1.82, 2.24) is 4.31 Å². The lowest BCUT2D eigenvalue weighted by Crippen LogP contribution is -2.30. The first-order valence-electron chi connectivity index (χ1n) is 9.88. The summed E-state index contributed by atoms with van der Waals surface area (Å²) in [5, 5.41) is 2.75. The number of amides is 1. The number of hydrogen-bond acceptors (Lipinski definition) is 5. The highest BCUT2D eigenvalue weighted by molar-refractivity contribution is 7.89. The predicted molar refractivity (Wildman–Crippen MR) is 114 cm³/mol. The Morgan fingerprint density at radius 2 is 1.67 bits per heavy atom. The molecule has 1 fully saturated rings. The number of aryl methyl sites for hydroxylation is 2. The highest BCUT2D eigenvalue weighted by atomic mass is 32.2. The quantitative estimate of drug-likeness (QED) is 0.710. The minimum Gasteiger partial charge on any atom is -0.449 e. The van der Waals surface area contributed by atoms with Gasteiger partial charge in [-0.1, -0.05) is 17.7 Å². The van der Waals surface area contributed by atoms with Gasteiger partial charge in [-0.3, -0.25) is 4.79 Å². The molecule has 8 heteroatoms. The topological polar surface area (TPSA) is 92.8 Å². The van der Waals surface area contributed by atoms with Gasteiger partial charge in [0.25, 0.3) is 5.91 Å². The third-order valence-electron chi connectivity index (χ3n) is 5.09. The number of nitrogens with one attached hydrogen (secondary N) is 1. The Kier molecular flexibility index (Phi) is 6.58. The van der Waals surface area contributed by atoms with Crippen LogP contribution in [0.3, 0.4) is 0 Å². The van der Waals surface area contributed by atoms with E-state index in [4.69, 9.17) is 4.74 Å². The van der Waals surface area contributed by atoms with Crippen LogP contribution < -0.4 is 5.32 Å². The Morgan fingerprint density at radius 3 is 2.27 bits per heavy atom. The number of carbonyl (C=O) groups is 2. The van der Waals surface area contributed by atoms with E-state index in [9.17, 15) is 18.0 Å². The van der Waals surface area contributed by atoms with Crippen LogP contribution in [0.15, 0.2) is 47.4 Å². The summed E-state index contributed by atoms with van der Waals surface area (Å²) in [4.78, 5) is 24.9. The molecule has 1 amide bonds. The van der Waals surface area contributed by atoms with E-state index >= 15 is 0 Å². The molecule has 3 rings (SSSR count). The molecule has 1 saturated heterocycles. The second-order valence-electron chi connectivity index (χ2n) is 7.49. The van der Waals surface area contributed by atoms with Gasteiger partial charge >= 0.3 is 5.97 Å². The van der Waals surface area contributed by atoms with E-state index in [-0.39, 0.29) is 10.5 Å². The van der Waals surface area contributed by atoms with Gasteiger partial charge in [0, 0.05) is 18.8 Å². The maximum atomic E-state index is 12.6. The number of ether oxygens (including phenoxy) is 1. The summed E-state index contributed by atoms with van der Waals surface area (Å²) in [6.07, 6.45) is 0.698. The highest BCUT2D eigenvalue weighted by Gasteiger charge is 2.27. The fraction of sp³-hybridized carbons (Fsp3) is 0.364. The Morgan fingerprint density at radius 1 is 1.03 bits per heavy atom. The Labute approximate surface area is 177 Å². The molecule has 0 radical (unpaired) electrons. The number of sulfonamides is 1. The van der Waals surface area contributed by atoms with Crippen molar-refractivity contribution < 1.29 is 22.7 Å². The molecule has 1 N–H and O–H groups in total. The Bertz CT molecular complexity index is 1040. The summed E-state index contributed by atoms with van der Waals surface area (Å²) in [6.45, 7) is 6.36. The smallest absolute Gasteiger partial charge is 0.338 e. The van der Waals surface area contributed by atoms with Crippen LogP contribution in [-0.4, -0.2) is 43.8 Å². The monoisotopic (exact) mass is 430 g/mol. The summed E-state index contributed by atoms with van der Waals surface area (Å²) < 4.78 is 31.8. The first-order chi connectivity index (χ1) is 14.2. The Balaban J connectivity index is 1.63. The molecule has 160 valence electrons. The van der Waals surface area contributed by atoms with Gasteiger partial charge in [-0.25, -0.2) is 13.2 Å². The maximum absolute atomic E-state index is 12.6. The van der Waals surface area contributed by atoms with Gasteiger partial charge in [-0.15, -0.1) is 0 Å². The van der Waals surface area contributed by atoms with Crippen LogP contribution in [-0.2, 0) is 19.6 Å².